The average molecular weight is 214 g/mol. The van der Waals surface area contributed by atoms with E-state index in [1.54, 1.807) is 0 Å². The third kappa shape index (κ3) is 5.04. The standard InChI is InChI=1S/2C7H14.CH4/c2*1-6-4-7(2,3)5-6;/h2*6H,4-5H2,1-3H3;1H4/i2T;;. The van der Waals surface area contributed by atoms with Crippen molar-refractivity contribution in [3.8, 4) is 0 Å². The molecule has 2 aliphatic carbocycles. The molecule has 0 aromatic rings. The van der Waals surface area contributed by atoms with Crippen molar-refractivity contribution in [3.63, 3.8) is 0 Å². The Bertz CT molecular complexity index is 193. The van der Waals surface area contributed by atoms with Crippen molar-refractivity contribution >= 4 is 0 Å². The normalized spacial score (nSPS) is 38.5. The zero-order valence-electron chi connectivity index (χ0n) is 11.7. The summed E-state index contributed by atoms with van der Waals surface area (Å²) >= 11 is 0. The van der Waals surface area contributed by atoms with E-state index in [0.717, 1.165) is 11.8 Å². The van der Waals surface area contributed by atoms with Crippen molar-refractivity contribution in [1.82, 2.24) is 0 Å². The van der Waals surface area contributed by atoms with Gasteiger partial charge < -0.3 is 0 Å². The Morgan fingerprint density at radius 2 is 1.20 bits per heavy atom. The molecule has 0 atom stereocenters. The average Bonchev–Trinajstić information content (AvgIpc) is 1.99. The molecule has 0 unspecified atom stereocenters. The highest BCUT2D eigenvalue weighted by atomic mass is 14.4. The van der Waals surface area contributed by atoms with Crippen molar-refractivity contribution in [2.45, 2.75) is 74.6 Å². The summed E-state index contributed by atoms with van der Waals surface area (Å²) in [5.74, 6) is 1.90. The lowest BCUT2D eigenvalue weighted by Crippen LogP contribution is -2.29. The lowest BCUT2D eigenvalue weighted by molar-refractivity contribution is 0.111. The second-order valence-corrected chi connectivity index (χ2v) is 7.00. The molecule has 0 aliphatic heterocycles. The molecule has 92 valence electrons. The summed E-state index contributed by atoms with van der Waals surface area (Å²) in [7, 11) is 0. The van der Waals surface area contributed by atoms with Crippen LogP contribution in [0.15, 0.2) is 0 Å². The Morgan fingerprint density at radius 3 is 1.27 bits per heavy atom. The predicted molar refractivity (Wildman–Crippen MR) is 71.1 cm³/mol. The lowest BCUT2D eigenvalue weighted by Gasteiger charge is -2.40. The lowest BCUT2D eigenvalue weighted by atomic mass is 9.65. The van der Waals surface area contributed by atoms with Gasteiger partial charge >= 0.3 is 0 Å². The monoisotopic (exact) mass is 214 g/mol. The fraction of sp³-hybridized carbons (Fsp3) is 1.00. The van der Waals surface area contributed by atoms with Crippen molar-refractivity contribution in [1.29, 1.82) is 0 Å². The molecule has 0 nitrogen and oxygen atoms in total. The highest BCUT2D eigenvalue weighted by Gasteiger charge is 2.32. The van der Waals surface area contributed by atoms with Gasteiger partial charge in [0.15, 0.2) is 0 Å². The van der Waals surface area contributed by atoms with Crippen molar-refractivity contribution in [2.24, 2.45) is 22.7 Å². The largest absolute Gasteiger partial charge is 0.0776 e. The fourth-order valence-corrected chi connectivity index (χ4v) is 3.45. The molecule has 2 fully saturated rings. The van der Waals surface area contributed by atoms with E-state index < -0.39 is 0 Å². The van der Waals surface area contributed by atoms with E-state index in [1.165, 1.54) is 25.7 Å². The first-order valence-electron chi connectivity index (χ1n) is 6.76. The third-order valence-electron chi connectivity index (χ3n) is 3.48. The highest BCUT2D eigenvalue weighted by molar-refractivity contribution is 4.84. The first-order chi connectivity index (χ1) is 6.76. The van der Waals surface area contributed by atoms with Gasteiger partial charge in [-0.2, -0.15) is 0 Å². The quantitative estimate of drug-likeness (QED) is 0.498. The number of rotatable bonds is 0. The molecule has 0 bridgehead atoms. The molecule has 0 saturated heterocycles. The second-order valence-electron chi connectivity index (χ2n) is 7.00. The van der Waals surface area contributed by atoms with Crippen LogP contribution in [0.4, 0.5) is 0 Å². The zero-order valence-corrected chi connectivity index (χ0v) is 10.7. The molecular formula is C15H32. The van der Waals surface area contributed by atoms with Crippen LogP contribution in [0.25, 0.3) is 0 Å². The van der Waals surface area contributed by atoms with E-state index in [1.807, 2.05) is 0 Å². The Hall–Kier alpha value is 0. The van der Waals surface area contributed by atoms with Crippen molar-refractivity contribution in [3.05, 3.63) is 0 Å². The number of hydrogen-bond donors (Lipinski definition) is 0. The molecule has 0 aromatic heterocycles. The SMILES string of the molecule is C.CC1CC(C)(C)C1.[3H]CC1(C)CC(C)C1. The maximum absolute atomic E-state index is 7.15. The van der Waals surface area contributed by atoms with Gasteiger partial charge in [0.2, 0.25) is 0 Å². The molecule has 2 rings (SSSR count). The molecule has 0 N–H and O–H groups in total. The van der Waals surface area contributed by atoms with Gasteiger partial charge in [-0.15, -0.1) is 0 Å². The first kappa shape index (κ1) is 13.1. The maximum Gasteiger partial charge on any atom is 0.0236 e. The molecule has 0 heterocycles. The van der Waals surface area contributed by atoms with E-state index in [2.05, 4.69) is 34.6 Å². The van der Waals surface area contributed by atoms with Crippen molar-refractivity contribution in [2.75, 3.05) is 0 Å². The molecule has 0 amide bonds. The molecule has 0 heteroatoms. The molecule has 2 saturated carbocycles. The molecule has 0 radical (unpaired) electrons. The smallest absolute Gasteiger partial charge is 0.0236 e. The highest BCUT2D eigenvalue weighted by Crippen LogP contribution is 2.44. The van der Waals surface area contributed by atoms with Gasteiger partial charge in [0.05, 0.1) is 0 Å². The van der Waals surface area contributed by atoms with Crippen LogP contribution < -0.4 is 0 Å². The van der Waals surface area contributed by atoms with Gasteiger partial charge in [-0.3, -0.25) is 0 Å². The summed E-state index contributed by atoms with van der Waals surface area (Å²) in [5.41, 5.74) is 1.10. The molecular weight excluding hydrogens is 180 g/mol. The van der Waals surface area contributed by atoms with Gasteiger partial charge in [-0.1, -0.05) is 48.9 Å². The minimum atomic E-state index is 0. The zero-order chi connectivity index (χ0) is 11.7. The molecule has 0 spiro atoms. The van der Waals surface area contributed by atoms with Crippen LogP contribution in [0, 0.1) is 22.7 Å². The molecule has 0 aromatic carbocycles. The van der Waals surface area contributed by atoms with Crippen LogP contribution >= 0.6 is 0 Å². The maximum atomic E-state index is 7.15. The fourth-order valence-electron chi connectivity index (χ4n) is 3.45. The summed E-state index contributed by atoms with van der Waals surface area (Å²) in [6.45, 7) is 12.1. The molecule has 2 aliphatic rings. The third-order valence-corrected chi connectivity index (χ3v) is 3.48. The Balaban J connectivity index is 0.000000267. The van der Waals surface area contributed by atoms with Crippen LogP contribution in [-0.4, -0.2) is 0 Å². The van der Waals surface area contributed by atoms with Crippen LogP contribution in [0.5, 0.6) is 0 Å². The predicted octanol–water partition coefficient (Wildman–Crippen LogP) is 5.52. The summed E-state index contributed by atoms with van der Waals surface area (Å²) in [6, 6.07) is 0. The summed E-state index contributed by atoms with van der Waals surface area (Å²) < 4.78 is 7.15. The first-order valence-corrected chi connectivity index (χ1v) is 6.06. The van der Waals surface area contributed by atoms with E-state index >= 15 is 0 Å². The minimum Gasteiger partial charge on any atom is -0.0776 e. The minimum absolute atomic E-state index is 0. The Kier molecular flexibility index (Phi) is 4.26. The van der Waals surface area contributed by atoms with Gasteiger partial charge in [-0.25, -0.2) is 0 Å². The topological polar surface area (TPSA) is 0 Å². The Labute approximate surface area is 99.3 Å². The Morgan fingerprint density at radius 1 is 0.867 bits per heavy atom. The van der Waals surface area contributed by atoms with Crippen LogP contribution in [0.1, 0.15) is 76.0 Å². The second kappa shape index (κ2) is 4.89. The van der Waals surface area contributed by atoms with Crippen LogP contribution in [-0.2, 0) is 0 Å². The summed E-state index contributed by atoms with van der Waals surface area (Å²) in [5, 5.41) is 0. The van der Waals surface area contributed by atoms with Crippen LogP contribution in [0.2, 0.25) is 0 Å². The van der Waals surface area contributed by atoms with E-state index in [-0.39, 0.29) is 7.43 Å². The summed E-state index contributed by atoms with van der Waals surface area (Å²) in [4.78, 5) is 0. The van der Waals surface area contributed by atoms with Gasteiger partial charge in [-0.05, 0) is 48.3 Å². The summed E-state index contributed by atoms with van der Waals surface area (Å²) in [6.07, 6.45) is 5.42. The van der Waals surface area contributed by atoms with Gasteiger partial charge in [0, 0.05) is 1.37 Å². The van der Waals surface area contributed by atoms with E-state index in [0.29, 0.717) is 17.7 Å². The van der Waals surface area contributed by atoms with Crippen molar-refractivity contribution < 1.29 is 1.37 Å². The van der Waals surface area contributed by atoms with Gasteiger partial charge in [0.25, 0.3) is 0 Å². The van der Waals surface area contributed by atoms with E-state index in [9.17, 15) is 0 Å². The number of hydrogen-bond acceptors (Lipinski definition) is 0. The van der Waals surface area contributed by atoms with Crippen LogP contribution in [0.3, 0.4) is 0 Å². The van der Waals surface area contributed by atoms with Gasteiger partial charge in [0.1, 0.15) is 0 Å². The van der Waals surface area contributed by atoms with E-state index in [4.69, 9.17) is 1.37 Å². The molecule has 15 heavy (non-hydrogen) atoms.